The van der Waals surface area contributed by atoms with Crippen LogP contribution in [0.2, 0.25) is 0 Å². The molecule has 1 atom stereocenters. The number of nitrogens with one attached hydrogen (secondary N) is 1. The molecule has 2 aromatic heterocycles. The Hall–Kier alpha value is -2.28. The Morgan fingerprint density at radius 2 is 2.07 bits per heavy atom. The van der Waals surface area contributed by atoms with Gasteiger partial charge in [0.15, 0.2) is 5.58 Å². The lowest BCUT2D eigenvalue weighted by Crippen LogP contribution is -2.65. The number of hydrogen-bond acceptors (Lipinski definition) is 4. The molecule has 152 valence electrons. The van der Waals surface area contributed by atoms with Gasteiger partial charge < -0.3 is 24.1 Å². The molecule has 2 aliphatic rings. The first-order valence-electron chi connectivity index (χ1n) is 10.2. The van der Waals surface area contributed by atoms with Gasteiger partial charge in [0.25, 0.3) is 5.91 Å². The van der Waals surface area contributed by atoms with Crippen LogP contribution in [0.3, 0.4) is 0 Å². The average molecular weight is 386 g/mol. The SMILES string of the molecule is CN(C)CCN1C(=O)c2cc3occc3n2C[C@@]1(C)C(=O)NC1CCCCC1. The highest BCUT2D eigenvalue weighted by Crippen LogP contribution is 2.33. The minimum absolute atomic E-state index is 0.0532. The first-order valence-corrected chi connectivity index (χ1v) is 10.2. The molecular formula is C21H30N4O3. The van der Waals surface area contributed by atoms with Gasteiger partial charge >= 0.3 is 0 Å². The van der Waals surface area contributed by atoms with Gasteiger partial charge in [-0.1, -0.05) is 19.3 Å². The molecule has 1 N–H and O–H groups in total. The topological polar surface area (TPSA) is 70.7 Å². The van der Waals surface area contributed by atoms with Gasteiger partial charge in [-0.25, -0.2) is 0 Å². The Balaban J connectivity index is 1.67. The van der Waals surface area contributed by atoms with Crippen molar-refractivity contribution in [3.63, 3.8) is 0 Å². The third-order valence-electron chi connectivity index (χ3n) is 6.25. The standard InChI is InChI=1S/C21H30N4O3/c1-21(20(27)22-15-7-5-4-6-8-15)14-24-16-9-12-28-18(16)13-17(24)19(26)25(21)11-10-23(2)3/h9,12-13,15H,4-8,10-11,14H2,1-3H3,(H,22,27)/t21-/m0/s1. The van der Waals surface area contributed by atoms with Crippen molar-refractivity contribution in [3.8, 4) is 0 Å². The van der Waals surface area contributed by atoms with Crippen LogP contribution >= 0.6 is 0 Å². The molecule has 2 amide bonds. The molecule has 7 nitrogen and oxygen atoms in total. The quantitative estimate of drug-likeness (QED) is 0.857. The lowest BCUT2D eigenvalue weighted by Gasteiger charge is -2.45. The van der Waals surface area contributed by atoms with Gasteiger partial charge in [0.05, 0.1) is 18.3 Å². The summed E-state index contributed by atoms with van der Waals surface area (Å²) < 4.78 is 7.44. The zero-order valence-corrected chi connectivity index (χ0v) is 17.0. The molecule has 1 saturated carbocycles. The second kappa shape index (κ2) is 7.28. The van der Waals surface area contributed by atoms with Crippen molar-refractivity contribution in [2.45, 2.75) is 57.2 Å². The number of aromatic nitrogens is 1. The maximum Gasteiger partial charge on any atom is 0.271 e. The van der Waals surface area contributed by atoms with E-state index in [1.807, 2.05) is 36.6 Å². The van der Waals surface area contributed by atoms with Gasteiger partial charge in [0, 0.05) is 31.3 Å². The molecule has 2 aromatic rings. The number of likely N-dealkylation sites (N-methyl/N-ethyl adjacent to an activating group) is 1. The number of carbonyl (C=O) groups is 2. The van der Waals surface area contributed by atoms with Crippen molar-refractivity contribution >= 4 is 22.9 Å². The average Bonchev–Trinajstić information content (AvgIpc) is 3.24. The van der Waals surface area contributed by atoms with Crippen LogP contribution < -0.4 is 5.32 Å². The zero-order valence-electron chi connectivity index (χ0n) is 17.0. The van der Waals surface area contributed by atoms with E-state index in [1.54, 1.807) is 17.2 Å². The molecule has 0 aromatic carbocycles. The highest BCUT2D eigenvalue weighted by molar-refractivity contribution is 6.02. The van der Waals surface area contributed by atoms with Crippen LogP contribution in [-0.2, 0) is 11.3 Å². The van der Waals surface area contributed by atoms with Crippen molar-refractivity contribution < 1.29 is 14.0 Å². The molecule has 1 aliphatic carbocycles. The molecule has 1 fully saturated rings. The Morgan fingerprint density at radius 1 is 1.32 bits per heavy atom. The van der Waals surface area contributed by atoms with E-state index in [4.69, 9.17) is 4.42 Å². The third kappa shape index (κ3) is 3.21. The van der Waals surface area contributed by atoms with Crippen LogP contribution in [0.5, 0.6) is 0 Å². The van der Waals surface area contributed by atoms with Crippen molar-refractivity contribution in [2.75, 3.05) is 27.2 Å². The molecule has 0 unspecified atom stereocenters. The Bertz CT molecular complexity index is 877. The predicted octanol–water partition coefficient (Wildman–Crippen LogP) is 2.46. The van der Waals surface area contributed by atoms with Crippen LogP contribution in [0, 0.1) is 0 Å². The highest BCUT2D eigenvalue weighted by atomic mass is 16.3. The summed E-state index contributed by atoms with van der Waals surface area (Å²) in [6.45, 7) is 3.54. The summed E-state index contributed by atoms with van der Waals surface area (Å²) in [5.74, 6) is -0.164. The van der Waals surface area contributed by atoms with Gasteiger partial charge in [-0.3, -0.25) is 9.59 Å². The zero-order chi connectivity index (χ0) is 19.9. The van der Waals surface area contributed by atoms with Crippen LogP contribution in [-0.4, -0.2) is 64.9 Å². The summed E-state index contributed by atoms with van der Waals surface area (Å²) in [5.41, 5.74) is 1.22. The summed E-state index contributed by atoms with van der Waals surface area (Å²) in [4.78, 5) is 30.6. The molecule has 3 heterocycles. The minimum atomic E-state index is -0.930. The fourth-order valence-electron chi connectivity index (χ4n) is 4.51. The normalized spacial score (nSPS) is 23.4. The van der Waals surface area contributed by atoms with E-state index >= 15 is 0 Å². The third-order valence-corrected chi connectivity index (χ3v) is 6.25. The van der Waals surface area contributed by atoms with Crippen LogP contribution in [0.25, 0.3) is 11.1 Å². The van der Waals surface area contributed by atoms with E-state index in [0.29, 0.717) is 30.9 Å². The number of hydrogen-bond donors (Lipinski definition) is 1. The number of amides is 2. The fraction of sp³-hybridized carbons (Fsp3) is 0.619. The summed E-state index contributed by atoms with van der Waals surface area (Å²) in [6, 6.07) is 3.86. The maximum atomic E-state index is 13.4. The van der Waals surface area contributed by atoms with Crippen LogP contribution in [0.1, 0.15) is 49.5 Å². The van der Waals surface area contributed by atoms with Crippen molar-refractivity contribution in [3.05, 3.63) is 24.1 Å². The van der Waals surface area contributed by atoms with Crippen LogP contribution in [0.4, 0.5) is 0 Å². The molecule has 0 spiro atoms. The van der Waals surface area contributed by atoms with E-state index in [1.165, 1.54) is 6.42 Å². The summed E-state index contributed by atoms with van der Waals surface area (Å²) in [5, 5.41) is 3.25. The van der Waals surface area contributed by atoms with E-state index in [-0.39, 0.29) is 17.9 Å². The molecule has 1 aliphatic heterocycles. The maximum absolute atomic E-state index is 13.4. The van der Waals surface area contributed by atoms with Crippen molar-refractivity contribution in [1.82, 2.24) is 19.7 Å². The molecule has 7 heteroatoms. The van der Waals surface area contributed by atoms with Crippen molar-refractivity contribution in [1.29, 1.82) is 0 Å². The van der Waals surface area contributed by atoms with E-state index in [9.17, 15) is 9.59 Å². The minimum Gasteiger partial charge on any atom is -0.463 e. The van der Waals surface area contributed by atoms with Gasteiger partial charge in [-0.2, -0.15) is 0 Å². The summed E-state index contributed by atoms with van der Waals surface area (Å²) in [7, 11) is 3.95. The van der Waals surface area contributed by atoms with Gasteiger partial charge in [0.1, 0.15) is 11.2 Å². The van der Waals surface area contributed by atoms with Gasteiger partial charge in [-0.05, 0) is 33.9 Å². The van der Waals surface area contributed by atoms with Crippen LogP contribution in [0.15, 0.2) is 22.8 Å². The highest BCUT2D eigenvalue weighted by Gasteiger charge is 2.48. The molecular weight excluding hydrogens is 356 g/mol. The second-order valence-corrected chi connectivity index (χ2v) is 8.63. The second-order valence-electron chi connectivity index (χ2n) is 8.63. The number of carbonyl (C=O) groups excluding carboxylic acids is 2. The number of furan rings is 1. The lowest BCUT2D eigenvalue weighted by atomic mass is 9.91. The Morgan fingerprint density at radius 3 is 2.79 bits per heavy atom. The molecule has 0 radical (unpaired) electrons. The Kier molecular flexibility index (Phi) is 4.95. The predicted molar refractivity (Wildman–Crippen MR) is 107 cm³/mol. The van der Waals surface area contributed by atoms with E-state index in [0.717, 1.165) is 31.2 Å². The number of nitrogens with zero attached hydrogens (tertiary/aromatic N) is 3. The number of fused-ring (bicyclic) bond motifs is 3. The lowest BCUT2D eigenvalue weighted by molar-refractivity contribution is -0.133. The van der Waals surface area contributed by atoms with E-state index < -0.39 is 5.54 Å². The summed E-state index contributed by atoms with van der Waals surface area (Å²) in [6.07, 6.45) is 7.22. The molecule has 0 bridgehead atoms. The molecule has 0 saturated heterocycles. The molecule has 28 heavy (non-hydrogen) atoms. The first kappa shape index (κ1) is 19.1. The fourth-order valence-corrected chi connectivity index (χ4v) is 4.51. The van der Waals surface area contributed by atoms with Gasteiger partial charge in [0.2, 0.25) is 5.91 Å². The molecule has 4 rings (SSSR count). The first-order chi connectivity index (χ1) is 13.4. The van der Waals surface area contributed by atoms with E-state index in [2.05, 4.69) is 5.32 Å². The Labute approximate surface area is 165 Å². The smallest absolute Gasteiger partial charge is 0.271 e. The number of rotatable bonds is 5. The largest absolute Gasteiger partial charge is 0.463 e. The van der Waals surface area contributed by atoms with Crippen molar-refractivity contribution in [2.24, 2.45) is 0 Å². The monoisotopic (exact) mass is 386 g/mol. The van der Waals surface area contributed by atoms with Gasteiger partial charge in [-0.15, -0.1) is 0 Å². The summed E-state index contributed by atoms with van der Waals surface area (Å²) >= 11 is 0.